The predicted molar refractivity (Wildman–Crippen MR) is 123 cm³/mol. The maximum atomic E-state index is 13.2. The van der Waals surface area contributed by atoms with E-state index in [1.165, 1.54) is 32.4 Å². The molecule has 9 heteroatoms. The summed E-state index contributed by atoms with van der Waals surface area (Å²) in [4.78, 5) is 12.9. The van der Waals surface area contributed by atoms with Gasteiger partial charge in [0.25, 0.3) is 15.9 Å². The first kappa shape index (κ1) is 22.7. The molecule has 32 heavy (non-hydrogen) atoms. The van der Waals surface area contributed by atoms with Crippen LogP contribution in [-0.4, -0.2) is 34.6 Å². The van der Waals surface area contributed by atoms with Crippen molar-refractivity contribution in [3.8, 4) is 11.5 Å². The normalized spacial score (nSPS) is 16.0. The monoisotopic (exact) mass is 478 g/mol. The third-order valence-electron chi connectivity index (χ3n) is 6.02. The Hall–Kier alpha value is -2.45. The standard InChI is InChI=1S/C23H27ClN2O5S/c1-13-4-5-16(23(27)25-22(14-6-7-14)15-8-9-15)10-21(13)32(28,29)26-18-11-17(24)19(30-2)12-20(18)31-3/h4-5,10-12,14-15,22,26H,6-9H2,1-3H3,(H,25,27). The maximum Gasteiger partial charge on any atom is 0.262 e. The maximum absolute atomic E-state index is 13.2. The lowest BCUT2D eigenvalue weighted by atomic mass is 10.1. The first-order valence-corrected chi connectivity index (χ1v) is 12.5. The topological polar surface area (TPSA) is 93.7 Å². The minimum atomic E-state index is -4.01. The van der Waals surface area contributed by atoms with Gasteiger partial charge in [-0.15, -0.1) is 0 Å². The Bertz CT molecular complexity index is 1130. The average Bonchev–Trinajstić information content (AvgIpc) is 3.66. The van der Waals surface area contributed by atoms with Crippen LogP contribution in [0.3, 0.4) is 0 Å². The van der Waals surface area contributed by atoms with Gasteiger partial charge in [0.05, 0.1) is 29.8 Å². The minimum absolute atomic E-state index is 0.0218. The second kappa shape index (κ2) is 8.83. The summed E-state index contributed by atoms with van der Waals surface area (Å²) in [5, 5.41) is 3.38. The van der Waals surface area contributed by atoms with Gasteiger partial charge in [-0.2, -0.15) is 0 Å². The minimum Gasteiger partial charge on any atom is -0.495 e. The molecule has 0 aliphatic heterocycles. The lowest BCUT2D eigenvalue weighted by Gasteiger charge is -2.19. The summed E-state index contributed by atoms with van der Waals surface area (Å²) in [7, 11) is -1.13. The van der Waals surface area contributed by atoms with E-state index >= 15 is 0 Å². The number of hydrogen-bond donors (Lipinski definition) is 2. The molecule has 0 radical (unpaired) electrons. The van der Waals surface area contributed by atoms with Crippen molar-refractivity contribution in [1.29, 1.82) is 0 Å². The fraction of sp³-hybridized carbons (Fsp3) is 0.435. The molecule has 0 aromatic heterocycles. The molecule has 0 atom stereocenters. The van der Waals surface area contributed by atoms with E-state index in [1.807, 2.05) is 0 Å². The summed E-state index contributed by atoms with van der Waals surface area (Å²) in [6.45, 7) is 1.69. The van der Waals surface area contributed by atoms with Crippen LogP contribution in [0.5, 0.6) is 11.5 Å². The van der Waals surface area contributed by atoms with Gasteiger partial charge in [-0.05, 0) is 68.2 Å². The Morgan fingerprint density at radius 2 is 1.66 bits per heavy atom. The summed E-state index contributed by atoms with van der Waals surface area (Å²) in [5.41, 5.74) is 1.02. The number of anilines is 1. The molecular formula is C23H27ClN2O5S. The van der Waals surface area contributed by atoms with Crippen LogP contribution >= 0.6 is 11.6 Å². The van der Waals surface area contributed by atoms with Gasteiger partial charge in [-0.25, -0.2) is 8.42 Å². The first-order valence-electron chi connectivity index (χ1n) is 10.6. The van der Waals surface area contributed by atoms with Crippen molar-refractivity contribution in [3.05, 3.63) is 46.5 Å². The molecule has 2 N–H and O–H groups in total. The van der Waals surface area contributed by atoms with E-state index in [0.717, 1.165) is 25.7 Å². The molecule has 0 bridgehead atoms. The van der Waals surface area contributed by atoms with Gasteiger partial charge in [0.1, 0.15) is 11.5 Å². The SMILES string of the molecule is COc1cc(OC)c(NS(=O)(=O)c2cc(C(=O)NC(C3CC3)C3CC3)ccc2C)cc1Cl. The van der Waals surface area contributed by atoms with Crippen molar-refractivity contribution in [2.75, 3.05) is 18.9 Å². The van der Waals surface area contributed by atoms with Crippen molar-refractivity contribution in [2.24, 2.45) is 11.8 Å². The zero-order valence-corrected chi connectivity index (χ0v) is 19.8. The molecule has 7 nitrogen and oxygen atoms in total. The molecule has 2 fully saturated rings. The molecule has 0 spiro atoms. The zero-order valence-electron chi connectivity index (χ0n) is 18.3. The van der Waals surface area contributed by atoms with Crippen molar-refractivity contribution in [2.45, 2.75) is 43.5 Å². The van der Waals surface area contributed by atoms with Gasteiger partial charge in [0.2, 0.25) is 0 Å². The highest BCUT2D eigenvalue weighted by Gasteiger charge is 2.42. The molecule has 2 saturated carbocycles. The number of aryl methyl sites for hydroxylation is 1. The highest BCUT2D eigenvalue weighted by Crippen LogP contribution is 2.44. The van der Waals surface area contributed by atoms with E-state index in [0.29, 0.717) is 28.7 Å². The van der Waals surface area contributed by atoms with Crippen molar-refractivity contribution in [3.63, 3.8) is 0 Å². The second-order valence-electron chi connectivity index (χ2n) is 8.45. The fourth-order valence-electron chi connectivity index (χ4n) is 3.94. The Labute approximate surface area is 193 Å². The van der Waals surface area contributed by atoms with Crippen LogP contribution in [0.15, 0.2) is 35.2 Å². The summed E-state index contributed by atoms with van der Waals surface area (Å²) >= 11 is 6.17. The Morgan fingerprint density at radius 1 is 1.03 bits per heavy atom. The number of methoxy groups -OCH3 is 2. The number of rotatable bonds is 9. The van der Waals surface area contributed by atoms with Crippen LogP contribution in [0.1, 0.15) is 41.6 Å². The fourth-order valence-corrected chi connectivity index (χ4v) is 5.51. The molecule has 0 heterocycles. The van der Waals surface area contributed by atoms with E-state index in [2.05, 4.69) is 10.0 Å². The van der Waals surface area contributed by atoms with Crippen molar-refractivity contribution < 1.29 is 22.7 Å². The van der Waals surface area contributed by atoms with Gasteiger partial charge in [-0.1, -0.05) is 17.7 Å². The van der Waals surface area contributed by atoms with Crippen LogP contribution < -0.4 is 19.5 Å². The Morgan fingerprint density at radius 3 is 2.22 bits per heavy atom. The van der Waals surface area contributed by atoms with Gasteiger partial charge in [0, 0.05) is 17.7 Å². The number of halogens is 1. The van der Waals surface area contributed by atoms with Crippen LogP contribution in [-0.2, 0) is 10.0 Å². The number of carbonyl (C=O) groups is 1. The Kier molecular flexibility index (Phi) is 6.27. The van der Waals surface area contributed by atoms with Crippen LogP contribution in [0.25, 0.3) is 0 Å². The highest BCUT2D eigenvalue weighted by molar-refractivity contribution is 7.92. The molecule has 2 aromatic rings. The predicted octanol–water partition coefficient (Wildman–Crippen LogP) is 4.38. The molecule has 0 unspecified atom stereocenters. The lowest BCUT2D eigenvalue weighted by Crippen LogP contribution is -2.38. The molecule has 2 aliphatic carbocycles. The van der Waals surface area contributed by atoms with E-state index < -0.39 is 10.0 Å². The third kappa shape index (κ3) is 4.81. The van der Waals surface area contributed by atoms with Crippen LogP contribution in [0.2, 0.25) is 5.02 Å². The third-order valence-corrected chi connectivity index (χ3v) is 7.82. The van der Waals surface area contributed by atoms with Crippen molar-refractivity contribution in [1.82, 2.24) is 5.32 Å². The number of carbonyl (C=O) groups excluding carboxylic acids is 1. The first-order chi connectivity index (χ1) is 15.2. The zero-order chi connectivity index (χ0) is 23.0. The van der Waals surface area contributed by atoms with Gasteiger partial charge in [0.15, 0.2) is 0 Å². The molecule has 172 valence electrons. The number of hydrogen-bond acceptors (Lipinski definition) is 5. The van der Waals surface area contributed by atoms with Crippen molar-refractivity contribution >= 4 is 33.2 Å². The van der Waals surface area contributed by atoms with E-state index in [9.17, 15) is 13.2 Å². The number of nitrogens with one attached hydrogen (secondary N) is 2. The average molecular weight is 479 g/mol. The molecule has 0 saturated heterocycles. The largest absolute Gasteiger partial charge is 0.495 e. The number of amides is 1. The lowest BCUT2D eigenvalue weighted by molar-refractivity contribution is 0.0926. The molecular weight excluding hydrogens is 452 g/mol. The second-order valence-corrected chi connectivity index (χ2v) is 10.5. The summed E-state index contributed by atoms with van der Waals surface area (Å²) in [6.07, 6.45) is 4.58. The smallest absolute Gasteiger partial charge is 0.262 e. The summed E-state index contributed by atoms with van der Waals surface area (Å²) < 4.78 is 39.4. The van der Waals surface area contributed by atoms with Gasteiger partial charge in [-0.3, -0.25) is 9.52 Å². The van der Waals surface area contributed by atoms with Crippen LogP contribution in [0, 0.1) is 18.8 Å². The molecule has 1 amide bonds. The van der Waals surface area contributed by atoms with Gasteiger partial charge < -0.3 is 14.8 Å². The number of ether oxygens (including phenoxy) is 2. The van der Waals surface area contributed by atoms with E-state index in [1.54, 1.807) is 19.1 Å². The summed E-state index contributed by atoms with van der Waals surface area (Å²) in [6, 6.07) is 7.84. The molecule has 2 aliphatic rings. The van der Waals surface area contributed by atoms with Crippen LogP contribution in [0.4, 0.5) is 5.69 Å². The van der Waals surface area contributed by atoms with Gasteiger partial charge >= 0.3 is 0 Å². The Balaban J connectivity index is 1.60. The quantitative estimate of drug-likeness (QED) is 0.557. The molecule has 4 rings (SSSR count). The summed E-state index contributed by atoms with van der Waals surface area (Å²) in [5.74, 6) is 1.48. The van der Waals surface area contributed by atoms with E-state index in [-0.39, 0.29) is 33.3 Å². The molecule has 2 aromatic carbocycles. The number of benzene rings is 2. The van der Waals surface area contributed by atoms with E-state index in [4.69, 9.17) is 21.1 Å². The highest BCUT2D eigenvalue weighted by atomic mass is 35.5. The number of sulfonamides is 1.